The van der Waals surface area contributed by atoms with E-state index in [9.17, 15) is 15.0 Å². The number of phenolic OH excluding ortho intramolecular Hbond substituents is 1. The zero-order valence-corrected chi connectivity index (χ0v) is 13.2. The first-order valence-corrected chi connectivity index (χ1v) is 7.43. The van der Waals surface area contributed by atoms with Crippen molar-refractivity contribution >= 4 is 17.6 Å². The number of carboxylic acid groups (broad SMARTS) is 1. The minimum atomic E-state index is -1.02. The number of rotatable bonds is 6. The van der Waals surface area contributed by atoms with Crippen LogP contribution in [-0.4, -0.2) is 22.8 Å². The number of aromatic hydroxyl groups is 1. The molecule has 0 amide bonds. The van der Waals surface area contributed by atoms with E-state index in [0.717, 1.165) is 11.3 Å². The molecule has 0 aliphatic heterocycles. The van der Waals surface area contributed by atoms with Crippen LogP contribution in [0.3, 0.4) is 0 Å². The summed E-state index contributed by atoms with van der Waals surface area (Å²) in [5, 5.41) is 18.7. The van der Waals surface area contributed by atoms with E-state index in [2.05, 4.69) is 13.8 Å². The molecular weight excluding hydrogens is 292 g/mol. The maximum Gasteiger partial charge on any atom is 0.336 e. The van der Waals surface area contributed by atoms with Crippen molar-refractivity contribution in [3.8, 4) is 11.5 Å². The Bertz CT molecular complexity index is 682. The number of aliphatic carboxylic acids is 1. The van der Waals surface area contributed by atoms with Gasteiger partial charge in [-0.05, 0) is 47.4 Å². The van der Waals surface area contributed by atoms with Gasteiger partial charge in [-0.15, -0.1) is 0 Å². The van der Waals surface area contributed by atoms with Crippen molar-refractivity contribution in [2.75, 3.05) is 6.61 Å². The van der Waals surface area contributed by atoms with Gasteiger partial charge >= 0.3 is 5.97 Å². The first-order chi connectivity index (χ1) is 11.0. The standard InChI is InChI=1S/C19H20O4/c1-13(2)12-23-17-9-3-14(4-10-17)11-18(19(21)22)15-5-7-16(20)8-6-15/h3-11,13,20H,12H2,1-2H3,(H,21,22)/b18-11-. The number of benzene rings is 2. The van der Waals surface area contributed by atoms with Crippen LogP contribution in [0.25, 0.3) is 11.6 Å². The Morgan fingerprint density at radius 1 is 1.09 bits per heavy atom. The fraction of sp³-hybridized carbons (Fsp3) is 0.211. The Kier molecular flexibility index (Phi) is 5.41. The normalized spacial score (nSPS) is 11.5. The minimum absolute atomic E-state index is 0.102. The SMILES string of the molecule is CC(C)COc1ccc(/C=C(\C(=O)O)c2ccc(O)cc2)cc1. The van der Waals surface area contributed by atoms with E-state index in [1.165, 1.54) is 12.1 Å². The smallest absolute Gasteiger partial charge is 0.336 e. The van der Waals surface area contributed by atoms with Crippen molar-refractivity contribution in [3.63, 3.8) is 0 Å². The second-order valence-corrected chi connectivity index (χ2v) is 5.68. The van der Waals surface area contributed by atoms with Gasteiger partial charge in [0.15, 0.2) is 0 Å². The van der Waals surface area contributed by atoms with E-state index in [1.807, 2.05) is 24.3 Å². The summed E-state index contributed by atoms with van der Waals surface area (Å²) in [5.41, 5.74) is 1.48. The molecule has 2 aromatic carbocycles. The molecule has 2 N–H and O–H groups in total. The zero-order valence-electron chi connectivity index (χ0n) is 13.2. The number of phenols is 1. The van der Waals surface area contributed by atoms with E-state index in [-0.39, 0.29) is 11.3 Å². The second kappa shape index (κ2) is 7.49. The highest BCUT2D eigenvalue weighted by atomic mass is 16.5. The molecule has 0 aliphatic rings. The summed E-state index contributed by atoms with van der Waals surface area (Å²) in [6.45, 7) is 4.80. The molecule has 2 aromatic rings. The van der Waals surface area contributed by atoms with Crippen molar-refractivity contribution in [1.29, 1.82) is 0 Å². The Morgan fingerprint density at radius 3 is 2.22 bits per heavy atom. The van der Waals surface area contributed by atoms with Crippen LogP contribution in [0.5, 0.6) is 11.5 Å². The summed E-state index contributed by atoms with van der Waals surface area (Å²) < 4.78 is 5.61. The minimum Gasteiger partial charge on any atom is -0.508 e. The summed E-state index contributed by atoms with van der Waals surface area (Å²) >= 11 is 0. The summed E-state index contributed by atoms with van der Waals surface area (Å²) in [4.78, 5) is 11.5. The van der Waals surface area contributed by atoms with Crippen LogP contribution in [0.1, 0.15) is 25.0 Å². The van der Waals surface area contributed by atoms with Gasteiger partial charge in [0.25, 0.3) is 0 Å². The predicted molar refractivity (Wildman–Crippen MR) is 90.4 cm³/mol. The lowest BCUT2D eigenvalue weighted by molar-refractivity contribution is -0.130. The van der Waals surface area contributed by atoms with Gasteiger partial charge in [-0.25, -0.2) is 4.79 Å². The highest BCUT2D eigenvalue weighted by Crippen LogP contribution is 2.22. The van der Waals surface area contributed by atoms with Crippen molar-refractivity contribution in [2.24, 2.45) is 5.92 Å². The molecule has 0 fully saturated rings. The topological polar surface area (TPSA) is 66.8 Å². The van der Waals surface area contributed by atoms with Crippen LogP contribution in [0.2, 0.25) is 0 Å². The van der Waals surface area contributed by atoms with E-state index >= 15 is 0 Å². The molecule has 0 spiro atoms. The molecule has 0 unspecified atom stereocenters. The number of carbonyl (C=O) groups is 1. The molecule has 4 nitrogen and oxygen atoms in total. The van der Waals surface area contributed by atoms with E-state index < -0.39 is 5.97 Å². The number of hydrogen-bond donors (Lipinski definition) is 2. The van der Waals surface area contributed by atoms with Gasteiger partial charge in [0.05, 0.1) is 12.2 Å². The van der Waals surface area contributed by atoms with Gasteiger partial charge in [0, 0.05) is 0 Å². The molecule has 0 bridgehead atoms. The van der Waals surface area contributed by atoms with Crippen molar-refractivity contribution in [2.45, 2.75) is 13.8 Å². The van der Waals surface area contributed by atoms with Crippen LogP contribution in [-0.2, 0) is 4.79 Å². The summed E-state index contributed by atoms with van der Waals surface area (Å²) in [5.74, 6) is 0.293. The summed E-state index contributed by atoms with van der Waals surface area (Å²) in [6, 6.07) is 13.4. The fourth-order valence-corrected chi connectivity index (χ4v) is 2.00. The third-order valence-electron chi connectivity index (χ3n) is 3.18. The molecule has 0 atom stereocenters. The van der Waals surface area contributed by atoms with Crippen LogP contribution in [0.15, 0.2) is 48.5 Å². The molecule has 0 heterocycles. The third-order valence-corrected chi connectivity index (χ3v) is 3.18. The first-order valence-electron chi connectivity index (χ1n) is 7.43. The van der Waals surface area contributed by atoms with Crippen LogP contribution in [0, 0.1) is 5.92 Å². The molecule has 4 heteroatoms. The quantitative estimate of drug-likeness (QED) is 0.624. The van der Waals surface area contributed by atoms with Crippen LogP contribution in [0.4, 0.5) is 0 Å². The lowest BCUT2D eigenvalue weighted by Crippen LogP contribution is -2.04. The second-order valence-electron chi connectivity index (χ2n) is 5.68. The highest BCUT2D eigenvalue weighted by Gasteiger charge is 2.10. The van der Waals surface area contributed by atoms with Crippen molar-refractivity contribution < 1.29 is 19.7 Å². The van der Waals surface area contributed by atoms with E-state index in [1.54, 1.807) is 18.2 Å². The Labute approximate surface area is 135 Å². The Hall–Kier alpha value is -2.75. The third kappa shape index (κ3) is 4.88. The fourth-order valence-electron chi connectivity index (χ4n) is 2.00. The Morgan fingerprint density at radius 2 is 1.70 bits per heavy atom. The number of ether oxygens (including phenoxy) is 1. The molecule has 0 saturated heterocycles. The average molecular weight is 312 g/mol. The lowest BCUT2D eigenvalue weighted by atomic mass is 10.0. The summed E-state index contributed by atoms with van der Waals surface area (Å²) in [7, 11) is 0. The van der Waals surface area contributed by atoms with Crippen molar-refractivity contribution in [3.05, 3.63) is 59.7 Å². The summed E-state index contributed by atoms with van der Waals surface area (Å²) in [6.07, 6.45) is 1.60. The van der Waals surface area contributed by atoms with Crippen LogP contribution >= 0.6 is 0 Å². The van der Waals surface area contributed by atoms with Gasteiger partial charge in [-0.1, -0.05) is 38.1 Å². The predicted octanol–water partition coefficient (Wildman–Crippen LogP) is 4.05. The van der Waals surface area contributed by atoms with E-state index in [0.29, 0.717) is 18.1 Å². The molecule has 0 aliphatic carbocycles. The van der Waals surface area contributed by atoms with E-state index in [4.69, 9.17) is 4.74 Å². The molecule has 120 valence electrons. The van der Waals surface area contributed by atoms with Gasteiger partial charge in [0.2, 0.25) is 0 Å². The van der Waals surface area contributed by atoms with Gasteiger partial charge in [-0.3, -0.25) is 0 Å². The molecule has 0 aromatic heterocycles. The average Bonchev–Trinajstić information content (AvgIpc) is 2.52. The largest absolute Gasteiger partial charge is 0.508 e. The Balaban J connectivity index is 2.22. The molecule has 2 rings (SSSR count). The monoisotopic (exact) mass is 312 g/mol. The van der Waals surface area contributed by atoms with Crippen molar-refractivity contribution in [1.82, 2.24) is 0 Å². The molecule has 23 heavy (non-hydrogen) atoms. The van der Waals surface area contributed by atoms with Gasteiger partial charge in [0.1, 0.15) is 11.5 Å². The van der Waals surface area contributed by atoms with Gasteiger partial charge in [-0.2, -0.15) is 0 Å². The zero-order chi connectivity index (χ0) is 16.8. The molecular formula is C19H20O4. The van der Waals surface area contributed by atoms with Crippen LogP contribution < -0.4 is 4.74 Å². The maximum absolute atomic E-state index is 11.5. The molecule has 0 radical (unpaired) electrons. The first kappa shape index (κ1) is 16.6. The maximum atomic E-state index is 11.5. The van der Waals surface area contributed by atoms with Gasteiger partial charge < -0.3 is 14.9 Å². The number of carboxylic acids is 1. The lowest BCUT2D eigenvalue weighted by Gasteiger charge is -2.09. The molecule has 0 saturated carbocycles. The number of hydrogen-bond acceptors (Lipinski definition) is 3. The highest BCUT2D eigenvalue weighted by molar-refractivity contribution is 6.20.